The van der Waals surface area contributed by atoms with E-state index in [1.54, 1.807) is 36.8 Å². The largest absolute Gasteiger partial charge is 0.487 e. The fraction of sp³-hybridized carbons (Fsp3) is 0.133. The van der Waals surface area contributed by atoms with Crippen LogP contribution in [0.2, 0.25) is 0 Å². The van der Waals surface area contributed by atoms with Crippen molar-refractivity contribution in [3.8, 4) is 23.7 Å². The molecule has 2 aromatic rings. The zero-order chi connectivity index (χ0) is 14.2. The van der Waals surface area contributed by atoms with Crippen molar-refractivity contribution in [2.24, 2.45) is 0 Å². The van der Waals surface area contributed by atoms with Gasteiger partial charge in [-0.15, -0.1) is 11.6 Å². The maximum absolute atomic E-state index is 8.95. The summed E-state index contributed by atoms with van der Waals surface area (Å²) in [6, 6.07) is 7.37. The van der Waals surface area contributed by atoms with E-state index in [1.807, 2.05) is 6.07 Å². The van der Waals surface area contributed by atoms with Gasteiger partial charge in [0.25, 0.3) is 0 Å². The van der Waals surface area contributed by atoms with E-state index in [4.69, 9.17) is 21.6 Å². The van der Waals surface area contributed by atoms with Gasteiger partial charge in [0, 0.05) is 23.5 Å². The fourth-order valence-electron chi connectivity index (χ4n) is 1.52. The second-order valence-electron chi connectivity index (χ2n) is 3.76. The van der Waals surface area contributed by atoms with E-state index in [-0.39, 0.29) is 12.5 Å². The molecule has 0 spiro atoms. The van der Waals surface area contributed by atoms with Crippen molar-refractivity contribution < 1.29 is 4.74 Å². The molecule has 0 aromatic carbocycles. The van der Waals surface area contributed by atoms with Gasteiger partial charge in [-0.25, -0.2) is 4.98 Å². The molecule has 0 radical (unpaired) electrons. The first kappa shape index (κ1) is 13.9. The highest BCUT2D eigenvalue weighted by Gasteiger charge is 2.03. The number of alkyl halides is 1. The molecule has 0 N–H and O–H groups in total. The van der Waals surface area contributed by atoms with Gasteiger partial charge in [-0.05, 0) is 12.1 Å². The number of halogens is 1. The Hall–Kier alpha value is -2.56. The smallest absolute Gasteiger partial charge is 0.147 e. The van der Waals surface area contributed by atoms with Crippen LogP contribution in [0.1, 0.15) is 16.8 Å². The Kier molecular flexibility index (Phi) is 4.94. The molecule has 2 rings (SSSR count). The van der Waals surface area contributed by atoms with Crippen molar-refractivity contribution in [1.82, 2.24) is 9.97 Å². The Balaban J connectivity index is 2.09. The van der Waals surface area contributed by atoms with Gasteiger partial charge in [-0.3, -0.25) is 4.98 Å². The molecule has 2 heterocycles. The molecule has 5 heteroatoms. The van der Waals surface area contributed by atoms with Crippen molar-refractivity contribution in [2.45, 2.75) is 6.61 Å². The summed E-state index contributed by atoms with van der Waals surface area (Å²) in [5.41, 5.74) is 1.82. The van der Waals surface area contributed by atoms with Gasteiger partial charge in [-0.1, -0.05) is 17.9 Å². The number of pyridine rings is 2. The zero-order valence-corrected chi connectivity index (χ0v) is 11.3. The number of nitrogens with zero attached hydrogens (tertiary/aromatic N) is 3. The van der Waals surface area contributed by atoms with Crippen molar-refractivity contribution in [3.05, 3.63) is 53.6 Å². The second-order valence-corrected chi connectivity index (χ2v) is 4.02. The summed E-state index contributed by atoms with van der Waals surface area (Å²) >= 11 is 5.50. The average Bonchev–Trinajstić information content (AvgIpc) is 2.51. The molecule has 0 fully saturated rings. The van der Waals surface area contributed by atoms with Crippen LogP contribution in [-0.2, 0) is 6.61 Å². The van der Waals surface area contributed by atoms with Crippen molar-refractivity contribution in [1.29, 1.82) is 5.26 Å². The fourth-order valence-corrected chi connectivity index (χ4v) is 1.59. The molecule has 0 unspecified atom stereocenters. The molecule has 2 aromatic heterocycles. The van der Waals surface area contributed by atoms with Crippen molar-refractivity contribution >= 4 is 11.6 Å². The third-order valence-electron chi connectivity index (χ3n) is 2.40. The molecule has 0 bridgehead atoms. The van der Waals surface area contributed by atoms with Gasteiger partial charge in [0.1, 0.15) is 24.1 Å². The first-order valence-corrected chi connectivity index (χ1v) is 6.33. The maximum atomic E-state index is 8.95. The first-order chi connectivity index (χ1) is 9.83. The van der Waals surface area contributed by atoms with Crippen LogP contribution in [0, 0.1) is 23.2 Å². The molecule has 0 aliphatic rings. The highest BCUT2D eigenvalue weighted by atomic mass is 35.5. The van der Waals surface area contributed by atoms with E-state index in [9.17, 15) is 0 Å². The number of rotatable bonds is 3. The molecule has 20 heavy (non-hydrogen) atoms. The monoisotopic (exact) mass is 283 g/mol. The minimum Gasteiger partial charge on any atom is -0.487 e. The van der Waals surface area contributed by atoms with Crippen LogP contribution in [0.4, 0.5) is 0 Å². The maximum Gasteiger partial charge on any atom is 0.147 e. The lowest BCUT2D eigenvalue weighted by Gasteiger charge is -2.06. The number of ether oxygens (including phenoxy) is 1. The molecule has 0 saturated heterocycles. The van der Waals surface area contributed by atoms with E-state index < -0.39 is 0 Å². The van der Waals surface area contributed by atoms with Crippen molar-refractivity contribution in [3.63, 3.8) is 0 Å². The Morgan fingerprint density at radius 2 is 2.25 bits per heavy atom. The zero-order valence-electron chi connectivity index (χ0n) is 10.5. The van der Waals surface area contributed by atoms with Gasteiger partial charge in [-0.2, -0.15) is 5.26 Å². The topological polar surface area (TPSA) is 58.8 Å². The van der Waals surface area contributed by atoms with Gasteiger partial charge >= 0.3 is 0 Å². The number of hydrogen-bond acceptors (Lipinski definition) is 4. The van der Waals surface area contributed by atoms with E-state index >= 15 is 0 Å². The third kappa shape index (κ3) is 3.71. The van der Waals surface area contributed by atoms with Crippen LogP contribution >= 0.6 is 11.6 Å². The van der Waals surface area contributed by atoms with Crippen LogP contribution in [0.5, 0.6) is 5.75 Å². The van der Waals surface area contributed by atoms with Gasteiger partial charge in [0.2, 0.25) is 0 Å². The van der Waals surface area contributed by atoms with Crippen LogP contribution in [0.25, 0.3) is 0 Å². The highest BCUT2D eigenvalue weighted by Crippen LogP contribution is 2.14. The predicted octanol–water partition coefficient (Wildman–Crippen LogP) is 2.52. The van der Waals surface area contributed by atoms with Crippen LogP contribution in [0.15, 0.2) is 36.8 Å². The highest BCUT2D eigenvalue weighted by molar-refractivity contribution is 6.19. The summed E-state index contributed by atoms with van der Waals surface area (Å²) in [5, 5.41) is 8.95. The Labute approximate surface area is 122 Å². The first-order valence-electron chi connectivity index (χ1n) is 5.80. The Bertz CT molecular complexity index is 698. The number of hydrogen-bond donors (Lipinski definition) is 0. The van der Waals surface area contributed by atoms with E-state index in [1.165, 1.54) is 0 Å². The lowest BCUT2D eigenvalue weighted by molar-refractivity contribution is 0.304. The van der Waals surface area contributed by atoms with Gasteiger partial charge in [0.05, 0.1) is 12.1 Å². The molecule has 98 valence electrons. The minimum atomic E-state index is 0.255. The standard InChI is InChI=1S/C15H10ClN3O/c16-5-1-3-12-7-14(10-18-9-12)20-11-13-4-2-6-19-15(13)8-17/h2,4,6-7,9-10H,5,11H2. The van der Waals surface area contributed by atoms with Crippen molar-refractivity contribution in [2.75, 3.05) is 5.88 Å². The van der Waals surface area contributed by atoms with E-state index in [2.05, 4.69) is 21.8 Å². The van der Waals surface area contributed by atoms with E-state index in [0.29, 0.717) is 11.4 Å². The molecular formula is C15H10ClN3O. The summed E-state index contributed by atoms with van der Waals surface area (Å²) in [7, 11) is 0. The summed E-state index contributed by atoms with van der Waals surface area (Å²) in [4.78, 5) is 8.01. The van der Waals surface area contributed by atoms with Crippen LogP contribution in [0.3, 0.4) is 0 Å². The molecule has 0 saturated carbocycles. The second kappa shape index (κ2) is 7.13. The molecule has 0 aliphatic heterocycles. The predicted molar refractivity (Wildman–Crippen MR) is 75.1 cm³/mol. The number of aromatic nitrogens is 2. The summed E-state index contributed by atoms with van der Waals surface area (Å²) in [6.45, 7) is 0.255. The van der Waals surface area contributed by atoms with Crippen LogP contribution < -0.4 is 4.74 Å². The lowest BCUT2D eigenvalue weighted by Crippen LogP contribution is -2.00. The quantitative estimate of drug-likeness (QED) is 0.641. The summed E-state index contributed by atoms with van der Waals surface area (Å²) < 4.78 is 5.60. The Morgan fingerprint density at radius 1 is 1.35 bits per heavy atom. The number of nitriles is 1. The van der Waals surface area contributed by atoms with Crippen LogP contribution in [-0.4, -0.2) is 15.8 Å². The summed E-state index contributed by atoms with van der Waals surface area (Å²) in [6.07, 6.45) is 4.80. The summed E-state index contributed by atoms with van der Waals surface area (Å²) in [5.74, 6) is 6.47. The molecule has 4 nitrogen and oxygen atoms in total. The lowest BCUT2D eigenvalue weighted by atomic mass is 10.2. The Morgan fingerprint density at radius 3 is 3.05 bits per heavy atom. The SMILES string of the molecule is N#Cc1ncccc1COc1cncc(C#CCCl)c1. The molecule has 0 amide bonds. The average molecular weight is 284 g/mol. The third-order valence-corrected chi connectivity index (χ3v) is 2.54. The van der Waals surface area contributed by atoms with Gasteiger partial charge < -0.3 is 4.74 Å². The van der Waals surface area contributed by atoms with Gasteiger partial charge in [0.15, 0.2) is 0 Å². The normalized spacial score (nSPS) is 9.20. The minimum absolute atomic E-state index is 0.255. The molecular weight excluding hydrogens is 274 g/mol. The van der Waals surface area contributed by atoms with E-state index in [0.717, 1.165) is 11.1 Å². The molecule has 0 aliphatic carbocycles. The molecule has 0 atom stereocenters.